The van der Waals surface area contributed by atoms with Crippen LogP contribution in [0.5, 0.6) is 11.8 Å². The number of hydrogen-bond acceptors (Lipinski definition) is 7. The van der Waals surface area contributed by atoms with E-state index < -0.39 is 0 Å². The summed E-state index contributed by atoms with van der Waals surface area (Å²) in [5, 5.41) is 4.73. The molecule has 4 aromatic rings. The average molecular weight is 436 g/mol. The Morgan fingerprint density at radius 2 is 1.81 bits per heavy atom. The van der Waals surface area contributed by atoms with Gasteiger partial charge in [-0.05, 0) is 51.2 Å². The van der Waals surface area contributed by atoms with Crippen molar-refractivity contribution in [3.63, 3.8) is 0 Å². The van der Waals surface area contributed by atoms with E-state index in [1.807, 2.05) is 6.92 Å². The van der Waals surface area contributed by atoms with Gasteiger partial charge in [0.15, 0.2) is 5.75 Å². The van der Waals surface area contributed by atoms with Gasteiger partial charge in [-0.1, -0.05) is 0 Å². The monoisotopic (exact) mass is 435 g/mol. The van der Waals surface area contributed by atoms with Crippen LogP contribution in [0.15, 0.2) is 18.5 Å². The molecule has 1 fully saturated rings. The summed E-state index contributed by atoms with van der Waals surface area (Å²) in [7, 11) is 1.77. The number of fused-ring (bicyclic) bond motifs is 3. The highest BCUT2D eigenvalue weighted by molar-refractivity contribution is 6.13. The first kappa shape index (κ1) is 20.6. The minimum atomic E-state index is -0.267. The van der Waals surface area contributed by atoms with Gasteiger partial charge < -0.3 is 20.8 Å². The van der Waals surface area contributed by atoms with Crippen molar-refractivity contribution in [1.29, 1.82) is 0 Å². The molecule has 166 valence electrons. The van der Waals surface area contributed by atoms with Gasteiger partial charge in [-0.2, -0.15) is 9.97 Å². The lowest BCUT2D eigenvalue weighted by atomic mass is 9.83. The zero-order chi connectivity index (χ0) is 22.4. The molecule has 0 spiro atoms. The number of aromatic nitrogens is 5. The van der Waals surface area contributed by atoms with E-state index in [0.717, 1.165) is 47.7 Å². The van der Waals surface area contributed by atoms with E-state index in [2.05, 4.69) is 25.3 Å². The van der Waals surface area contributed by atoms with E-state index in [9.17, 15) is 4.39 Å². The number of aromatic amines is 1. The molecule has 1 aliphatic carbocycles. The largest absolute Gasteiger partial charge is 0.421 e. The number of halogens is 1. The van der Waals surface area contributed by atoms with Gasteiger partial charge in [-0.15, -0.1) is 0 Å². The van der Waals surface area contributed by atoms with Crippen molar-refractivity contribution in [3.05, 3.63) is 41.4 Å². The van der Waals surface area contributed by atoms with Crippen LogP contribution in [0.2, 0.25) is 0 Å². The summed E-state index contributed by atoms with van der Waals surface area (Å²) in [4.78, 5) is 21.2. The Hall–Kier alpha value is -3.33. The standard InChI is InChI=1S/C23H26FN7O/c1-11-16(24)8-17(26-3)21-18(11)19-20(13-4-6-14(25)7-5-13)30-23(31-22(19)29-21)32-15-9-27-12(2)28-10-15/h8-10,13-14,26H,4-7,25H2,1-3H3,(H,29,30,31). The quantitative estimate of drug-likeness (QED) is 0.433. The van der Waals surface area contributed by atoms with E-state index >= 15 is 0 Å². The highest BCUT2D eigenvalue weighted by Crippen LogP contribution is 2.41. The molecule has 0 radical (unpaired) electrons. The number of nitrogens with zero attached hydrogens (tertiary/aromatic N) is 4. The summed E-state index contributed by atoms with van der Waals surface area (Å²) in [6.45, 7) is 3.60. The van der Waals surface area contributed by atoms with Crippen LogP contribution in [0.1, 0.15) is 48.7 Å². The molecule has 1 aliphatic rings. The SMILES string of the molecule is CNc1cc(F)c(C)c2c1[nH]c1nc(Oc3cnc(C)nc3)nc(C3CCC(N)CC3)c12. The molecule has 0 amide bonds. The summed E-state index contributed by atoms with van der Waals surface area (Å²) >= 11 is 0. The fourth-order valence-corrected chi connectivity index (χ4v) is 4.57. The summed E-state index contributed by atoms with van der Waals surface area (Å²) < 4.78 is 20.7. The molecule has 0 unspecified atom stereocenters. The molecule has 0 atom stereocenters. The molecular weight excluding hydrogens is 409 g/mol. The Morgan fingerprint density at radius 3 is 2.50 bits per heavy atom. The summed E-state index contributed by atoms with van der Waals surface area (Å²) in [6.07, 6.45) is 6.88. The zero-order valence-electron chi connectivity index (χ0n) is 18.4. The lowest BCUT2D eigenvalue weighted by Crippen LogP contribution is -2.26. The van der Waals surface area contributed by atoms with Crippen LogP contribution in [0.4, 0.5) is 10.1 Å². The number of nitrogens with two attached hydrogens (primary N) is 1. The van der Waals surface area contributed by atoms with Gasteiger partial charge in [0.1, 0.15) is 17.3 Å². The van der Waals surface area contributed by atoms with Gasteiger partial charge in [0.05, 0.1) is 29.3 Å². The minimum Gasteiger partial charge on any atom is -0.421 e. The fourth-order valence-electron chi connectivity index (χ4n) is 4.57. The summed E-state index contributed by atoms with van der Waals surface area (Å²) in [5.74, 6) is 1.04. The van der Waals surface area contributed by atoms with Crippen LogP contribution in [-0.4, -0.2) is 38.0 Å². The molecule has 0 aliphatic heterocycles. The zero-order valence-corrected chi connectivity index (χ0v) is 18.4. The topological polar surface area (TPSA) is 115 Å². The molecule has 3 aromatic heterocycles. The van der Waals surface area contributed by atoms with Gasteiger partial charge in [-0.3, -0.25) is 0 Å². The maximum Gasteiger partial charge on any atom is 0.324 e. The number of benzene rings is 1. The third-order valence-electron chi connectivity index (χ3n) is 6.33. The molecule has 1 aromatic carbocycles. The first-order valence-corrected chi connectivity index (χ1v) is 10.9. The van der Waals surface area contributed by atoms with Crippen LogP contribution >= 0.6 is 0 Å². The maximum absolute atomic E-state index is 14.8. The minimum absolute atomic E-state index is 0.191. The molecule has 0 bridgehead atoms. The molecule has 32 heavy (non-hydrogen) atoms. The van der Waals surface area contributed by atoms with Gasteiger partial charge in [0, 0.05) is 29.8 Å². The second kappa shape index (κ2) is 7.98. The van der Waals surface area contributed by atoms with E-state index in [0.29, 0.717) is 28.5 Å². The number of H-pyrrole nitrogens is 1. The second-order valence-corrected chi connectivity index (χ2v) is 8.45. The molecule has 5 rings (SSSR count). The number of aryl methyl sites for hydroxylation is 2. The number of ether oxygens (including phenoxy) is 1. The number of nitrogens with one attached hydrogen (secondary N) is 2. The van der Waals surface area contributed by atoms with Crippen molar-refractivity contribution in [1.82, 2.24) is 24.9 Å². The highest BCUT2D eigenvalue weighted by Gasteiger charge is 2.27. The molecule has 4 N–H and O–H groups in total. The van der Waals surface area contributed by atoms with Gasteiger partial charge in [-0.25, -0.2) is 14.4 Å². The average Bonchev–Trinajstić information content (AvgIpc) is 3.17. The van der Waals surface area contributed by atoms with Gasteiger partial charge >= 0.3 is 6.01 Å². The van der Waals surface area contributed by atoms with E-state index in [-0.39, 0.29) is 23.8 Å². The summed E-state index contributed by atoms with van der Waals surface area (Å²) in [6, 6.07) is 1.92. The Morgan fingerprint density at radius 1 is 1.09 bits per heavy atom. The number of hydrogen-bond donors (Lipinski definition) is 3. The van der Waals surface area contributed by atoms with Crippen LogP contribution in [0, 0.1) is 19.7 Å². The molecule has 3 heterocycles. The molecule has 8 nitrogen and oxygen atoms in total. The number of anilines is 1. The predicted octanol–water partition coefficient (Wildman–Crippen LogP) is 4.48. The number of rotatable bonds is 4. The van der Waals surface area contributed by atoms with Crippen LogP contribution in [0.3, 0.4) is 0 Å². The van der Waals surface area contributed by atoms with Crippen LogP contribution in [-0.2, 0) is 0 Å². The Balaban J connectivity index is 1.73. The third-order valence-corrected chi connectivity index (χ3v) is 6.33. The molecule has 9 heteroatoms. The summed E-state index contributed by atoms with van der Waals surface area (Å²) in [5.41, 5.74) is 9.69. The molecule has 0 saturated heterocycles. The van der Waals surface area contributed by atoms with Crippen molar-refractivity contribution >= 4 is 27.6 Å². The Labute approximate surface area is 184 Å². The maximum atomic E-state index is 14.8. The van der Waals surface area contributed by atoms with Crippen LogP contribution < -0.4 is 15.8 Å². The van der Waals surface area contributed by atoms with E-state index in [4.69, 9.17) is 15.5 Å². The second-order valence-electron chi connectivity index (χ2n) is 8.45. The first-order chi connectivity index (χ1) is 15.4. The highest BCUT2D eigenvalue weighted by atomic mass is 19.1. The molecule has 1 saturated carbocycles. The van der Waals surface area contributed by atoms with E-state index in [1.165, 1.54) is 6.07 Å². The lowest BCUT2D eigenvalue weighted by Gasteiger charge is -2.26. The Kier molecular flexibility index (Phi) is 5.13. The van der Waals surface area contributed by atoms with Crippen molar-refractivity contribution in [2.24, 2.45) is 5.73 Å². The van der Waals surface area contributed by atoms with Crippen LogP contribution in [0.25, 0.3) is 21.9 Å². The Bertz CT molecular complexity index is 1290. The first-order valence-electron chi connectivity index (χ1n) is 10.9. The lowest BCUT2D eigenvalue weighted by molar-refractivity contribution is 0.385. The fraction of sp³-hybridized carbons (Fsp3) is 0.391. The molecular formula is C23H26FN7O. The van der Waals surface area contributed by atoms with Crippen molar-refractivity contribution in [2.45, 2.75) is 51.5 Å². The van der Waals surface area contributed by atoms with Crippen molar-refractivity contribution in [2.75, 3.05) is 12.4 Å². The predicted molar refractivity (Wildman–Crippen MR) is 122 cm³/mol. The van der Waals surface area contributed by atoms with Crippen molar-refractivity contribution < 1.29 is 9.13 Å². The van der Waals surface area contributed by atoms with E-state index in [1.54, 1.807) is 26.4 Å². The van der Waals surface area contributed by atoms with Gasteiger partial charge in [0.25, 0.3) is 0 Å². The smallest absolute Gasteiger partial charge is 0.324 e. The van der Waals surface area contributed by atoms with Crippen molar-refractivity contribution in [3.8, 4) is 11.8 Å². The van der Waals surface area contributed by atoms with Gasteiger partial charge in [0.2, 0.25) is 0 Å². The third kappa shape index (κ3) is 3.52. The normalized spacial score (nSPS) is 18.9.